The van der Waals surface area contributed by atoms with E-state index in [0.29, 0.717) is 44.1 Å². The smallest absolute Gasteiger partial charge is 0.220 e. The summed E-state index contributed by atoms with van der Waals surface area (Å²) in [6.07, 6.45) is 1.04. The highest BCUT2D eigenvalue weighted by molar-refractivity contribution is 5.84. The van der Waals surface area contributed by atoms with Gasteiger partial charge in [-0.15, -0.1) is 0 Å². The van der Waals surface area contributed by atoms with E-state index >= 15 is 0 Å². The monoisotopic (exact) mass is 495 g/mol. The zero-order chi connectivity index (χ0) is 25.8. The van der Waals surface area contributed by atoms with Gasteiger partial charge in [0.15, 0.2) is 17.1 Å². The van der Waals surface area contributed by atoms with Gasteiger partial charge in [-0.05, 0) is 56.0 Å². The summed E-state index contributed by atoms with van der Waals surface area (Å²) in [5, 5.41) is 8.78. The first-order valence-electron chi connectivity index (χ1n) is 12.4. The molecule has 1 atom stereocenters. The summed E-state index contributed by atoms with van der Waals surface area (Å²) in [5.41, 5.74) is 6.16. The lowest BCUT2D eigenvalue weighted by Gasteiger charge is -2.35. The van der Waals surface area contributed by atoms with Gasteiger partial charge >= 0.3 is 0 Å². The van der Waals surface area contributed by atoms with Crippen molar-refractivity contribution in [2.75, 3.05) is 47.1 Å². The predicted molar refractivity (Wildman–Crippen MR) is 139 cm³/mol. The number of aromatic nitrogens is 3. The molecule has 2 aromatic heterocycles. The number of amides is 1. The van der Waals surface area contributed by atoms with Crippen LogP contribution in [-0.4, -0.2) is 72.6 Å². The largest absolute Gasteiger partial charge is 0.493 e. The Hall–Kier alpha value is -3.17. The van der Waals surface area contributed by atoms with E-state index in [1.165, 1.54) is 0 Å². The molecule has 0 spiro atoms. The summed E-state index contributed by atoms with van der Waals surface area (Å²) in [4.78, 5) is 20.1. The van der Waals surface area contributed by atoms with Crippen LogP contribution in [0.1, 0.15) is 40.5 Å². The molecule has 0 aliphatic carbocycles. The molecule has 1 aromatic carbocycles. The Bertz CT molecular complexity index is 1230. The van der Waals surface area contributed by atoms with Crippen LogP contribution in [0.3, 0.4) is 0 Å². The van der Waals surface area contributed by atoms with Gasteiger partial charge in [0.05, 0.1) is 39.2 Å². The van der Waals surface area contributed by atoms with Crippen LogP contribution < -0.4 is 14.8 Å². The van der Waals surface area contributed by atoms with Gasteiger partial charge in [-0.25, -0.2) is 4.98 Å². The van der Waals surface area contributed by atoms with E-state index in [1.54, 1.807) is 14.2 Å². The van der Waals surface area contributed by atoms with Crippen molar-refractivity contribution in [3.05, 3.63) is 46.3 Å². The second kappa shape index (κ2) is 11.3. The second-order valence-corrected chi connectivity index (χ2v) is 9.29. The standard InChI is InChI=1S/C27H37N5O4/c1-17-21(18(2)29-27-26(17)19(3)30-31(27)4)8-10-25(33)28-16-22(32-11-13-36-14-12-32)20-7-9-23(34-5)24(15-20)35-6/h7,9,15,22H,8,10-14,16H2,1-6H3,(H,28,33). The Balaban J connectivity index is 1.47. The molecule has 36 heavy (non-hydrogen) atoms. The number of nitrogens with zero attached hydrogens (tertiary/aromatic N) is 4. The third kappa shape index (κ3) is 5.32. The molecule has 9 heteroatoms. The number of morpholine rings is 1. The van der Waals surface area contributed by atoms with Crippen LogP contribution in [0.2, 0.25) is 0 Å². The molecule has 0 bridgehead atoms. The molecular weight excluding hydrogens is 458 g/mol. The lowest BCUT2D eigenvalue weighted by atomic mass is 9.99. The molecule has 1 fully saturated rings. The molecule has 1 unspecified atom stereocenters. The number of hydrogen-bond donors (Lipinski definition) is 1. The first kappa shape index (κ1) is 25.9. The highest BCUT2D eigenvalue weighted by atomic mass is 16.5. The van der Waals surface area contributed by atoms with Gasteiger partial charge in [-0.1, -0.05) is 6.07 Å². The first-order chi connectivity index (χ1) is 17.3. The minimum atomic E-state index is 0.0113. The summed E-state index contributed by atoms with van der Waals surface area (Å²) >= 11 is 0. The number of carbonyl (C=O) groups is 1. The molecule has 194 valence electrons. The third-order valence-corrected chi connectivity index (χ3v) is 7.10. The van der Waals surface area contributed by atoms with Crippen LogP contribution >= 0.6 is 0 Å². The van der Waals surface area contributed by atoms with E-state index in [1.807, 2.05) is 43.8 Å². The first-order valence-corrected chi connectivity index (χ1v) is 12.4. The fourth-order valence-electron chi connectivity index (χ4n) is 5.17. The van der Waals surface area contributed by atoms with Gasteiger partial charge in [0.25, 0.3) is 0 Å². The SMILES string of the molecule is COc1ccc(C(CNC(=O)CCc2c(C)nc3c(c(C)nn3C)c2C)N2CCOCC2)cc1OC. The average molecular weight is 496 g/mol. The molecule has 3 heterocycles. The summed E-state index contributed by atoms with van der Waals surface area (Å²) < 4.78 is 18.3. The molecule has 0 saturated carbocycles. The topological polar surface area (TPSA) is 90.7 Å². The van der Waals surface area contributed by atoms with E-state index < -0.39 is 0 Å². The fraction of sp³-hybridized carbons (Fsp3) is 0.519. The van der Waals surface area contributed by atoms with Gasteiger partial charge in [0.1, 0.15) is 0 Å². The predicted octanol–water partition coefficient (Wildman–Crippen LogP) is 3.03. The summed E-state index contributed by atoms with van der Waals surface area (Å²) in [6.45, 7) is 9.60. The number of hydrogen-bond acceptors (Lipinski definition) is 7. The number of methoxy groups -OCH3 is 2. The minimum absolute atomic E-state index is 0.0113. The maximum atomic E-state index is 13.0. The van der Waals surface area contributed by atoms with Crippen LogP contribution in [0, 0.1) is 20.8 Å². The summed E-state index contributed by atoms with van der Waals surface area (Å²) in [7, 11) is 5.18. The molecule has 4 rings (SSSR count). The van der Waals surface area contributed by atoms with Gasteiger partial charge in [0, 0.05) is 44.2 Å². The lowest BCUT2D eigenvalue weighted by molar-refractivity contribution is -0.121. The quantitative estimate of drug-likeness (QED) is 0.488. The molecule has 1 aliphatic heterocycles. The minimum Gasteiger partial charge on any atom is -0.493 e. The zero-order valence-corrected chi connectivity index (χ0v) is 22.2. The van der Waals surface area contributed by atoms with E-state index in [-0.39, 0.29) is 11.9 Å². The van der Waals surface area contributed by atoms with Crippen molar-refractivity contribution >= 4 is 16.9 Å². The number of fused-ring (bicyclic) bond motifs is 1. The van der Waals surface area contributed by atoms with Crippen molar-refractivity contribution in [1.82, 2.24) is 25.0 Å². The maximum Gasteiger partial charge on any atom is 0.220 e. The number of carbonyl (C=O) groups excluding carboxylic acids is 1. The lowest BCUT2D eigenvalue weighted by Crippen LogP contribution is -2.43. The van der Waals surface area contributed by atoms with Gasteiger partial charge < -0.3 is 19.5 Å². The van der Waals surface area contributed by atoms with Gasteiger partial charge in [-0.2, -0.15) is 5.10 Å². The Labute approximate surface area is 212 Å². The van der Waals surface area contributed by atoms with Crippen LogP contribution in [-0.2, 0) is 23.0 Å². The highest BCUT2D eigenvalue weighted by Gasteiger charge is 2.25. The van der Waals surface area contributed by atoms with Crippen molar-refractivity contribution in [3.8, 4) is 11.5 Å². The van der Waals surface area contributed by atoms with Crippen molar-refractivity contribution in [1.29, 1.82) is 0 Å². The molecule has 1 N–H and O–H groups in total. The van der Waals surface area contributed by atoms with Gasteiger partial charge in [-0.3, -0.25) is 14.4 Å². The number of rotatable bonds is 9. The van der Waals surface area contributed by atoms with Crippen LogP contribution in [0.25, 0.3) is 11.0 Å². The van der Waals surface area contributed by atoms with Crippen molar-refractivity contribution in [2.45, 2.75) is 39.7 Å². The second-order valence-electron chi connectivity index (χ2n) is 9.29. The van der Waals surface area contributed by atoms with Crippen LogP contribution in [0.15, 0.2) is 18.2 Å². The van der Waals surface area contributed by atoms with Crippen LogP contribution in [0.5, 0.6) is 11.5 Å². The number of benzene rings is 1. The average Bonchev–Trinajstić information content (AvgIpc) is 3.17. The van der Waals surface area contributed by atoms with E-state index in [0.717, 1.165) is 52.2 Å². The molecule has 1 aliphatic rings. The fourth-order valence-corrected chi connectivity index (χ4v) is 5.17. The zero-order valence-electron chi connectivity index (χ0n) is 22.2. The van der Waals surface area contributed by atoms with Crippen molar-refractivity contribution < 1.29 is 19.0 Å². The van der Waals surface area contributed by atoms with E-state index in [2.05, 4.69) is 22.2 Å². The number of pyridine rings is 1. The molecule has 0 radical (unpaired) electrons. The van der Waals surface area contributed by atoms with E-state index in [4.69, 9.17) is 19.2 Å². The van der Waals surface area contributed by atoms with Crippen molar-refractivity contribution in [3.63, 3.8) is 0 Å². The van der Waals surface area contributed by atoms with E-state index in [9.17, 15) is 4.79 Å². The van der Waals surface area contributed by atoms with Crippen molar-refractivity contribution in [2.24, 2.45) is 7.05 Å². The molecule has 1 amide bonds. The molecular formula is C27H37N5O4. The number of nitrogens with one attached hydrogen (secondary N) is 1. The third-order valence-electron chi connectivity index (χ3n) is 7.10. The Morgan fingerprint density at radius 3 is 2.53 bits per heavy atom. The number of ether oxygens (including phenoxy) is 3. The maximum absolute atomic E-state index is 13.0. The molecule has 1 saturated heterocycles. The molecule has 9 nitrogen and oxygen atoms in total. The van der Waals surface area contributed by atoms with Crippen LogP contribution in [0.4, 0.5) is 0 Å². The van der Waals surface area contributed by atoms with Gasteiger partial charge in [0.2, 0.25) is 5.91 Å². The molecule has 3 aromatic rings. The Morgan fingerprint density at radius 2 is 1.83 bits per heavy atom. The summed E-state index contributed by atoms with van der Waals surface area (Å²) in [5.74, 6) is 1.39. The Kier molecular flexibility index (Phi) is 8.11. The number of aryl methyl sites for hydroxylation is 4. The summed E-state index contributed by atoms with van der Waals surface area (Å²) in [6, 6.07) is 5.96. The normalized spacial score (nSPS) is 15.2. The Morgan fingerprint density at radius 1 is 1.11 bits per heavy atom. The highest BCUT2D eigenvalue weighted by Crippen LogP contribution is 2.32.